The average Bonchev–Trinajstić information content (AvgIpc) is 3.06. The van der Waals surface area contributed by atoms with E-state index < -0.39 is 34.4 Å². The van der Waals surface area contributed by atoms with Crippen LogP contribution >= 0.6 is 0 Å². The van der Waals surface area contributed by atoms with Crippen LogP contribution in [-0.4, -0.2) is 52.0 Å². The van der Waals surface area contributed by atoms with Crippen molar-refractivity contribution in [1.82, 2.24) is 10.2 Å². The highest BCUT2D eigenvalue weighted by Crippen LogP contribution is 2.21. The summed E-state index contributed by atoms with van der Waals surface area (Å²) in [7, 11) is -0.835. The van der Waals surface area contributed by atoms with Gasteiger partial charge in [-0.15, -0.1) is 0 Å². The van der Waals surface area contributed by atoms with Gasteiger partial charge in [-0.2, -0.15) is 0 Å². The lowest BCUT2D eigenvalue weighted by atomic mass is 10.1. The molecular weight excluding hydrogens is 601 g/mol. The zero-order valence-corrected chi connectivity index (χ0v) is 25.8. The molecule has 0 fully saturated rings. The minimum absolute atomic E-state index is 0.0491. The quantitative estimate of drug-likeness (QED) is 0.205. The first-order chi connectivity index (χ1) is 21.6. The van der Waals surface area contributed by atoms with Gasteiger partial charge < -0.3 is 24.4 Å². The topological polar surface area (TPSA) is 123 Å². The smallest absolute Gasteiger partial charge is 0.261 e. The molecule has 0 bridgehead atoms. The van der Waals surface area contributed by atoms with Crippen LogP contribution in [0, 0.1) is 5.82 Å². The summed E-state index contributed by atoms with van der Waals surface area (Å²) in [5.41, 5.74) is 1.77. The van der Waals surface area contributed by atoms with Crippen LogP contribution in [0.2, 0.25) is 0 Å². The SMILES string of the molecule is COc1ccc(CN(C(=O)COc2ccc(S(=O)(=O)Nc3ccc(F)cc3)cc2)[C@@H](C)C(=O)NCc2ccccc2OC)cc1. The molecule has 10 nitrogen and oxygen atoms in total. The van der Waals surface area contributed by atoms with Gasteiger partial charge in [0.05, 0.1) is 19.1 Å². The highest BCUT2D eigenvalue weighted by Gasteiger charge is 2.27. The third-order valence-corrected chi connectivity index (χ3v) is 8.31. The summed E-state index contributed by atoms with van der Waals surface area (Å²) in [5, 5.41) is 2.87. The van der Waals surface area contributed by atoms with Crippen molar-refractivity contribution >= 4 is 27.5 Å². The van der Waals surface area contributed by atoms with Crippen molar-refractivity contribution in [2.24, 2.45) is 0 Å². The number of nitrogens with zero attached hydrogens (tertiary/aromatic N) is 1. The van der Waals surface area contributed by atoms with E-state index >= 15 is 0 Å². The van der Waals surface area contributed by atoms with Crippen LogP contribution in [0.3, 0.4) is 0 Å². The Bertz CT molecular complexity index is 1700. The van der Waals surface area contributed by atoms with Gasteiger partial charge in [-0.3, -0.25) is 14.3 Å². The third-order valence-electron chi connectivity index (χ3n) is 6.92. The van der Waals surface area contributed by atoms with Crippen LogP contribution in [0.25, 0.3) is 0 Å². The lowest BCUT2D eigenvalue weighted by Crippen LogP contribution is -2.48. The standard InChI is InChI=1S/C33H34FN3O7S/c1-23(33(39)35-20-25-6-4-5-7-31(25)43-3)37(21-24-8-14-28(42-2)15-9-24)32(38)22-44-29-16-18-30(19-17-29)45(40,41)36-27-12-10-26(34)11-13-27/h4-19,23,36H,20-22H2,1-3H3,(H,35,39)/t23-/m0/s1. The summed E-state index contributed by atoms with van der Waals surface area (Å²) in [6.07, 6.45) is 0. The molecule has 0 saturated carbocycles. The maximum atomic E-state index is 13.5. The molecule has 0 saturated heterocycles. The van der Waals surface area contributed by atoms with Crippen molar-refractivity contribution in [1.29, 1.82) is 0 Å². The Morgan fingerprint density at radius 2 is 1.49 bits per heavy atom. The number of nitrogens with one attached hydrogen (secondary N) is 2. The second kappa shape index (κ2) is 15.1. The molecule has 45 heavy (non-hydrogen) atoms. The summed E-state index contributed by atoms with van der Waals surface area (Å²) in [4.78, 5) is 28.0. The maximum absolute atomic E-state index is 13.5. The van der Waals surface area contributed by atoms with Gasteiger partial charge in [0.2, 0.25) is 5.91 Å². The number of carbonyl (C=O) groups is 2. The molecule has 236 valence electrons. The van der Waals surface area contributed by atoms with Gasteiger partial charge in [0, 0.05) is 24.3 Å². The number of carbonyl (C=O) groups excluding carboxylic acids is 2. The summed E-state index contributed by atoms with van der Waals surface area (Å²) >= 11 is 0. The molecule has 2 amide bonds. The van der Waals surface area contributed by atoms with Gasteiger partial charge in [0.25, 0.3) is 15.9 Å². The van der Waals surface area contributed by atoms with Crippen LogP contribution in [0.5, 0.6) is 17.2 Å². The van der Waals surface area contributed by atoms with Crippen LogP contribution < -0.4 is 24.2 Å². The average molecular weight is 636 g/mol. The van der Waals surface area contributed by atoms with Crippen molar-refractivity contribution < 1.29 is 36.6 Å². The lowest BCUT2D eigenvalue weighted by Gasteiger charge is -2.29. The fraction of sp³-hybridized carbons (Fsp3) is 0.212. The highest BCUT2D eigenvalue weighted by atomic mass is 32.2. The lowest BCUT2D eigenvalue weighted by molar-refractivity contribution is -0.142. The molecule has 4 aromatic rings. The maximum Gasteiger partial charge on any atom is 0.261 e. The van der Waals surface area contributed by atoms with Crippen molar-refractivity contribution in [3.8, 4) is 17.2 Å². The zero-order valence-electron chi connectivity index (χ0n) is 25.0. The molecule has 0 aliphatic carbocycles. The first-order valence-electron chi connectivity index (χ1n) is 13.9. The summed E-state index contributed by atoms with van der Waals surface area (Å²) < 4.78 is 57.3. The molecule has 0 aliphatic heterocycles. The normalized spacial score (nSPS) is 11.6. The van der Waals surface area contributed by atoms with E-state index in [-0.39, 0.29) is 35.3 Å². The number of methoxy groups -OCH3 is 2. The Balaban J connectivity index is 1.43. The van der Waals surface area contributed by atoms with Gasteiger partial charge in [-0.1, -0.05) is 30.3 Å². The number of amides is 2. The van der Waals surface area contributed by atoms with E-state index in [2.05, 4.69) is 10.0 Å². The van der Waals surface area contributed by atoms with Crippen LogP contribution in [0.4, 0.5) is 10.1 Å². The van der Waals surface area contributed by atoms with Crippen molar-refractivity contribution in [2.45, 2.75) is 31.0 Å². The minimum Gasteiger partial charge on any atom is -0.497 e. The minimum atomic E-state index is -3.94. The summed E-state index contributed by atoms with van der Waals surface area (Å²) in [5.74, 6) is 0.226. The second-order valence-corrected chi connectivity index (χ2v) is 11.6. The van der Waals surface area contributed by atoms with E-state index in [1.807, 2.05) is 18.2 Å². The van der Waals surface area contributed by atoms with E-state index in [9.17, 15) is 22.4 Å². The number of rotatable bonds is 14. The highest BCUT2D eigenvalue weighted by molar-refractivity contribution is 7.92. The Hall–Kier alpha value is -5.10. The zero-order chi connectivity index (χ0) is 32.4. The number of para-hydroxylation sites is 1. The van der Waals surface area contributed by atoms with Gasteiger partial charge in [-0.25, -0.2) is 12.8 Å². The molecular formula is C33H34FN3O7S. The third kappa shape index (κ3) is 8.96. The Labute approximate surface area is 261 Å². The van der Waals surface area contributed by atoms with Gasteiger partial charge in [-0.05, 0) is 79.2 Å². The number of hydrogen-bond acceptors (Lipinski definition) is 7. The fourth-order valence-electron chi connectivity index (χ4n) is 4.36. The second-order valence-electron chi connectivity index (χ2n) is 9.95. The first-order valence-corrected chi connectivity index (χ1v) is 15.4. The Kier molecular flexibility index (Phi) is 11.0. The molecule has 4 rings (SSSR count). The first kappa shape index (κ1) is 32.8. The Morgan fingerprint density at radius 3 is 2.13 bits per heavy atom. The van der Waals surface area contributed by atoms with Gasteiger partial charge in [0.15, 0.2) is 6.61 Å². The summed E-state index contributed by atoms with van der Waals surface area (Å²) in [6.45, 7) is 1.56. The number of sulfonamides is 1. The van der Waals surface area contributed by atoms with E-state index in [0.717, 1.165) is 23.3 Å². The molecule has 12 heteroatoms. The number of hydrogen-bond donors (Lipinski definition) is 2. The van der Waals surface area contributed by atoms with Crippen LogP contribution in [-0.2, 0) is 32.7 Å². The predicted molar refractivity (Wildman–Crippen MR) is 167 cm³/mol. The molecule has 0 heterocycles. The molecule has 0 spiro atoms. The van der Waals surface area contributed by atoms with Gasteiger partial charge >= 0.3 is 0 Å². The number of anilines is 1. The monoisotopic (exact) mass is 635 g/mol. The number of halogens is 1. The van der Waals surface area contributed by atoms with Gasteiger partial charge in [0.1, 0.15) is 29.1 Å². The van der Waals surface area contributed by atoms with Crippen molar-refractivity contribution in [2.75, 3.05) is 25.5 Å². The summed E-state index contributed by atoms with van der Waals surface area (Å²) in [6, 6.07) is 24.0. The van der Waals surface area contributed by atoms with E-state index in [1.165, 1.54) is 41.3 Å². The van der Waals surface area contributed by atoms with E-state index in [0.29, 0.717) is 11.5 Å². The van der Waals surface area contributed by atoms with Crippen molar-refractivity contribution in [3.05, 3.63) is 114 Å². The molecule has 0 aliphatic rings. The Morgan fingerprint density at radius 1 is 0.844 bits per heavy atom. The van der Waals surface area contributed by atoms with Crippen LogP contribution in [0.15, 0.2) is 102 Å². The predicted octanol–water partition coefficient (Wildman–Crippen LogP) is 4.76. The number of ether oxygens (including phenoxy) is 3. The molecule has 4 aromatic carbocycles. The largest absolute Gasteiger partial charge is 0.497 e. The molecule has 2 N–H and O–H groups in total. The fourth-order valence-corrected chi connectivity index (χ4v) is 5.42. The number of benzene rings is 4. The molecule has 1 atom stereocenters. The molecule has 0 aromatic heterocycles. The van der Waals surface area contributed by atoms with E-state index in [1.54, 1.807) is 51.5 Å². The van der Waals surface area contributed by atoms with Crippen molar-refractivity contribution in [3.63, 3.8) is 0 Å². The van der Waals surface area contributed by atoms with Crippen LogP contribution in [0.1, 0.15) is 18.1 Å². The molecule has 0 unspecified atom stereocenters. The van der Waals surface area contributed by atoms with E-state index in [4.69, 9.17) is 14.2 Å². The molecule has 0 radical (unpaired) electrons.